The number of carbonyl (C=O) groups is 2. The molecule has 3 saturated carbocycles. The van der Waals surface area contributed by atoms with Crippen LogP contribution < -0.4 is 0 Å². The molecule has 6 nitrogen and oxygen atoms in total. The molecule has 0 spiro atoms. The lowest BCUT2D eigenvalue weighted by Crippen LogP contribution is -2.65. The Morgan fingerprint density at radius 2 is 1.78 bits per heavy atom. The average Bonchev–Trinajstić information content (AvgIpc) is 2.82. The van der Waals surface area contributed by atoms with Crippen LogP contribution >= 0.6 is 0 Å². The highest BCUT2D eigenvalue weighted by atomic mass is 16.5. The smallest absolute Gasteiger partial charge is 0.305 e. The van der Waals surface area contributed by atoms with Gasteiger partial charge >= 0.3 is 5.97 Å². The zero-order chi connectivity index (χ0) is 27.7. The van der Waals surface area contributed by atoms with Gasteiger partial charge in [-0.1, -0.05) is 39.3 Å². The second-order valence-corrected chi connectivity index (χ2v) is 14.7. The van der Waals surface area contributed by atoms with Crippen LogP contribution in [0.15, 0.2) is 11.6 Å². The molecule has 0 radical (unpaired) electrons. The molecule has 0 aromatic carbocycles. The minimum atomic E-state index is -0.891. The Bertz CT molecular complexity index is 965. The first-order chi connectivity index (χ1) is 17.1. The van der Waals surface area contributed by atoms with Gasteiger partial charge in [0.05, 0.1) is 24.7 Å². The maximum Gasteiger partial charge on any atom is 0.305 e. The van der Waals surface area contributed by atoms with E-state index in [1.807, 2.05) is 13.8 Å². The zero-order valence-corrected chi connectivity index (χ0v) is 24.2. The van der Waals surface area contributed by atoms with Gasteiger partial charge in [0.1, 0.15) is 5.78 Å². The van der Waals surface area contributed by atoms with Crippen molar-refractivity contribution in [3.8, 4) is 0 Å². The number of fused-ring (bicyclic) bond motifs is 5. The van der Waals surface area contributed by atoms with Crippen molar-refractivity contribution in [3.05, 3.63) is 11.6 Å². The number of hydrogen-bond acceptors (Lipinski definition) is 6. The van der Waals surface area contributed by atoms with Crippen LogP contribution in [0.5, 0.6) is 0 Å². The summed E-state index contributed by atoms with van der Waals surface area (Å²) in [6, 6.07) is 0. The number of ketones is 1. The van der Waals surface area contributed by atoms with Gasteiger partial charge in [0.2, 0.25) is 0 Å². The molecule has 0 heterocycles. The number of hydrogen-bond donors (Lipinski definition) is 3. The van der Waals surface area contributed by atoms with Crippen molar-refractivity contribution in [3.63, 3.8) is 0 Å². The molecule has 1 unspecified atom stereocenters. The van der Waals surface area contributed by atoms with Crippen molar-refractivity contribution in [2.45, 2.75) is 105 Å². The number of aliphatic hydroxyl groups excluding tert-OH is 2. The Balaban J connectivity index is 1.83. The molecule has 0 bridgehead atoms. The first-order valence-corrected chi connectivity index (χ1v) is 14.3. The van der Waals surface area contributed by atoms with Crippen molar-refractivity contribution in [1.82, 2.24) is 0 Å². The molecule has 0 aromatic heterocycles. The largest absolute Gasteiger partial charge is 0.469 e. The third-order valence-corrected chi connectivity index (χ3v) is 12.4. The van der Waals surface area contributed by atoms with Crippen molar-refractivity contribution in [2.75, 3.05) is 20.3 Å². The maximum absolute atomic E-state index is 14.0. The Hall–Kier alpha value is -1.24. The number of ether oxygens (including phenoxy) is 1. The number of allylic oxidation sites excluding steroid dienone is 2. The molecule has 3 fully saturated rings. The van der Waals surface area contributed by atoms with E-state index in [9.17, 15) is 24.9 Å². The summed E-state index contributed by atoms with van der Waals surface area (Å²) in [5, 5.41) is 32.1. The molecule has 0 amide bonds. The number of methoxy groups -OCH3 is 1. The van der Waals surface area contributed by atoms with Crippen LogP contribution in [0, 0.1) is 44.8 Å². The highest BCUT2D eigenvalue weighted by Gasteiger charge is 2.69. The highest BCUT2D eigenvalue weighted by molar-refractivity contribution is 5.89. The number of aliphatic hydroxyl groups is 3. The van der Waals surface area contributed by atoms with Crippen LogP contribution in [0.1, 0.15) is 99.3 Å². The fourth-order valence-corrected chi connectivity index (χ4v) is 9.87. The SMILES string of the molecule is COC(=O)CC[C@@]1(C)C(C(C)(C)O)CC[C@]2(C)[C@@H]1CC=C1[C@@H]3C[C@](C)(CO)CC[C@]3(CO)C(=O)C[C@]12C. The molecule has 0 saturated heterocycles. The summed E-state index contributed by atoms with van der Waals surface area (Å²) in [6.07, 6.45) is 8.35. The Labute approximate surface area is 223 Å². The Kier molecular flexibility index (Phi) is 7.12. The van der Waals surface area contributed by atoms with Gasteiger partial charge in [-0.25, -0.2) is 0 Å². The lowest BCUT2D eigenvalue weighted by atomic mass is 9.35. The molecule has 8 atom stereocenters. The fraction of sp³-hybridized carbons (Fsp3) is 0.871. The molecular weight excluding hydrogens is 468 g/mol. The van der Waals surface area contributed by atoms with Crippen LogP contribution in [0.25, 0.3) is 0 Å². The maximum atomic E-state index is 14.0. The molecule has 210 valence electrons. The van der Waals surface area contributed by atoms with Gasteiger partial charge in [0.25, 0.3) is 0 Å². The van der Waals surface area contributed by atoms with Crippen molar-refractivity contribution >= 4 is 11.8 Å². The van der Waals surface area contributed by atoms with E-state index in [0.717, 1.165) is 25.7 Å². The van der Waals surface area contributed by atoms with Crippen LogP contribution in [0.4, 0.5) is 0 Å². The standard InChI is InChI=1S/C31H50O6/c1-26(2,36)22-10-13-29(5)23(28(22,4)12-11-25(35)37-7)9-8-20-21-16-27(3,18-32)14-15-31(21,19-33)24(34)17-30(20,29)6/h8,21-23,32-33,36H,9-19H2,1-7H3/t21-,22?,23+,27+,28-,29+,30+,31+/m0/s1. The number of carbonyl (C=O) groups excluding carboxylic acids is 2. The summed E-state index contributed by atoms with van der Waals surface area (Å²) >= 11 is 0. The molecule has 3 N–H and O–H groups in total. The van der Waals surface area contributed by atoms with Crippen LogP contribution in [0.3, 0.4) is 0 Å². The van der Waals surface area contributed by atoms with E-state index >= 15 is 0 Å². The normalized spacial score (nSPS) is 45.8. The number of Topliss-reactive ketones (excluding diaryl/α,β-unsaturated/α-hetero) is 1. The van der Waals surface area contributed by atoms with E-state index in [-0.39, 0.29) is 64.4 Å². The topological polar surface area (TPSA) is 104 Å². The second-order valence-electron chi connectivity index (χ2n) is 14.7. The van der Waals surface area contributed by atoms with Gasteiger partial charge in [-0.2, -0.15) is 0 Å². The van der Waals surface area contributed by atoms with Gasteiger partial charge in [0, 0.05) is 24.9 Å². The van der Waals surface area contributed by atoms with E-state index in [1.165, 1.54) is 12.7 Å². The monoisotopic (exact) mass is 518 g/mol. The summed E-state index contributed by atoms with van der Waals surface area (Å²) < 4.78 is 5.00. The molecule has 4 aliphatic rings. The quantitative estimate of drug-likeness (QED) is 0.344. The fourth-order valence-electron chi connectivity index (χ4n) is 9.87. The summed E-state index contributed by atoms with van der Waals surface area (Å²) in [7, 11) is 1.42. The Morgan fingerprint density at radius 1 is 1.11 bits per heavy atom. The van der Waals surface area contributed by atoms with Crippen LogP contribution in [-0.2, 0) is 14.3 Å². The molecule has 6 heteroatoms. The summed E-state index contributed by atoms with van der Waals surface area (Å²) in [5.41, 5.74) is -1.48. The van der Waals surface area contributed by atoms with E-state index in [4.69, 9.17) is 4.74 Å². The molecule has 0 aromatic rings. The van der Waals surface area contributed by atoms with E-state index in [0.29, 0.717) is 32.1 Å². The number of esters is 1. The van der Waals surface area contributed by atoms with Gasteiger partial charge < -0.3 is 20.1 Å². The molecule has 0 aliphatic heterocycles. The minimum absolute atomic E-state index is 0.0180. The predicted molar refractivity (Wildman–Crippen MR) is 142 cm³/mol. The summed E-state index contributed by atoms with van der Waals surface area (Å²) in [5.74, 6) is 0.0748. The predicted octanol–water partition coefficient (Wildman–Crippen LogP) is 4.84. The molecular formula is C31H50O6. The van der Waals surface area contributed by atoms with Gasteiger partial charge in [0.15, 0.2) is 0 Å². The molecule has 37 heavy (non-hydrogen) atoms. The van der Waals surface area contributed by atoms with Crippen LogP contribution in [0.2, 0.25) is 0 Å². The van der Waals surface area contributed by atoms with E-state index in [1.54, 1.807) is 0 Å². The lowest BCUT2D eigenvalue weighted by Gasteiger charge is -2.69. The zero-order valence-electron chi connectivity index (χ0n) is 24.2. The van der Waals surface area contributed by atoms with Gasteiger partial charge in [-0.3, -0.25) is 9.59 Å². The first-order valence-electron chi connectivity index (χ1n) is 14.3. The van der Waals surface area contributed by atoms with Crippen molar-refractivity contribution in [1.29, 1.82) is 0 Å². The first kappa shape index (κ1) is 28.8. The summed E-state index contributed by atoms with van der Waals surface area (Å²) in [4.78, 5) is 26.3. The van der Waals surface area contributed by atoms with E-state index < -0.39 is 11.0 Å². The average molecular weight is 519 g/mol. The van der Waals surface area contributed by atoms with Crippen molar-refractivity contribution in [2.24, 2.45) is 44.8 Å². The van der Waals surface area contributed by atoms with Crippen LogP contribution in [-0.4, -0.2) is 53.0 Å². The molecule has 4 aliphatic carbocycles. The Morgan fingerprint density at radius 3 is 2.35 bits per heavy atom. The molecule has 4 rings (SSSR count). The highest BCUT2D eigenvalue weighted by Crippen LogP contribution is 2.73. The van der Waals surface area contributed by atoms with Crippen molar-refractivity contribution < 1.29 is 29.6 Å². The summed E-state index contributed by atoms with van der Waals surface area (Å²) in [6.45, 7) is 12.7. The lowest BCUT2D eigenvalue weighted by molar-refractivity contribution is -0.189. The third kappa shape index (κ3) is 4.07. The minimum Gasteiger partial charge on any atom is -0.469 e. The van der Waals surface area contributed by atoms with E-state index in [2.05, 4.69) is 33.8 Å². The third-order valence-electron chi connectivity index (χ3n) is 12.4. The second kappa shape index (κ2) is 9.16. The number of rotatable bonds is 6. The van der Waals surface area contributed by atoms with Gasteiger partial charge in [-0.05, 0) is 92.8 Å². The van der Waals surface area contributed by atoms with Gasteiger partial charge in [-0.15, -0.1) is 0 Å².